The molecule has 3 unspecified atom stereocenters. The average Bonchev–Trinajstić information content (AvgIpc) is 3.06. The van der Waals surface area contributed by atoms with Crippen molar-refractivity contribution in [3.8, 4) is 0 Å². The van der Waals surface area contributed by atoms with E-state index in [-0.39, 0.29) is 36.9 Å². The smallest absolute Gasteiger partial charge is 0.225 e. The van der Waals surface area contributed by atoms with E-state index in [2.05, 4.69) is 12.2 Å². The van der Waals surface area contributed by atoms with Gasteiger partial charge in [0.15, 0.2) is 0 Å². The molecule has 0 aromatic carbocycles. The van der Waals surface area contributed by atoms with Crippen LogP contribution >= 0.6 is 11.3 Å². The van der Waals surface area contributed by atoms with E-state index in [0.717, 1.165) is 11.3 Å². The maximum absolute atomic E-state index is 12.5. The molecule has 1 aliphatic rings. The number of carbonyl (C=O) groups is 2. The van der Waals surface area contributed by atoms with E-state index in [0.29, 0.717) is 12.5 Å². The van der Waals surface area contributed by atoms with Gasteiger partial charge in [0, 0.05) is 18.3 Å². The Balaban J connectivity index is 2.06. The predicted molar refractivity (Wildman–Crippen MR) is 81.9 cm³/mol. The van der Waals surface area contributed by atoms with Crippen molar-refractivity contribution in [2.75, 3.05) is 13.2 Å². The molecule has 1 fully saturated rings. The maximum atomic E-state index is 12.5. The second-order valence-electron chi connectivity index (χ2n) is 5.58. The highest BCUT2D eigenvalue weighted by Crippen LogP contribution is 2.28. The Hall–Kier alpha value is -1.40. The zero-order valence-corrected chi connectivity index (χ0v) is 13.2. The number of rotatable bonds is 5. The summed E-state index contributed by atoms with van der Waals surface area (Å²) in [5.74, 6) is 0.167. The second kappa shape index (κ2) is 7.04. The van der Waals surface area contributed by atoms with Gasteiger partial charge in [0.25, 0.3) is 0 Å². The van der Waals surface area contributed by atoms with E-state index in [1.54, 1.807) is 4.90 Å². The number of likely N-dealkylation sites (tertiary alicyclic amines) is 1. The van der Waals surface area contributed by atoms with Crippen LogP contribution in [0.3, 0.4) is 0 Å². The lowest BCUT2D eigenvalue weighted by molar-refractivity contribution is -0.133. The minimum atomic E-state index is -0.287. The van der Waals surface area contributed by atoms with Gasteiger partial charge in [-0.1, -0.05) is 13.0 Å². The van der Waals surface area contributed by atoms with Crippen molar-refractivity contribution in [2.45, 2.75) is 38.8 Å². The molecule has 1 aromatic heterocycles. The molecule has 0 saturated carbocycles. The number of nitrogens with zero attached hydrogens (tertiary/aromatic N) is 1. The fourth-order valence-corrected chi connectivity index (χ4v) is 3.62. The fraction of sp³-hybridized carbons (Fsp3) is 0.600. The van der Waals surface area contributed by atoms with E-state index >= 15 is 0 Å². The summed E-state index contributed by atoms with van der Waals surface area (Å²) in [5.41, 5.74) is 0. The molecule has 6 heteroatoms. The summed E-state index contributed by atoms with van der Waals surface area (Å²) in [5, 5.41) is 14.2. The van der Waals surface area contributed by atoms with Gasteiger partial charge >= 0.3 is 0 Å². The lowest BCUT2D eigenvalue weighted by atomic mass is 10.0. The van der Waals surface area contributed by atoms with Crippen molar-refractivity contribution in [3.63, 3.8) is 0 Å². The molecule has 5 nitrogen and oxygen atoms in total. The Morgan fingerprint density at radius 2 is 2.33 bits per heavy atom. The van der Waals surface area contributed by atoms with Crippen molar-refractivity contribution in [3.05, 3.63) is 22.4 Å². The molecule has 0 spiro atoms. The number of hydrogen-bond donors (Lipinski definition) is 2. The molecule has 2 heterocycles. The summed E-state index contributed by atoms with van der Waals surface area (Å²) in [4.78, 5) is 26.6. The molecular weight excluding hydrogens is 288 g/mol. The lowest BCUT2D eigenvalue weighted by Gasteiger charge is -2.27. The van der Waals surface area contributed by atoms with Gasteiger partial charge in [-0.3, -0.25) is 9.59 Å². The highest BCUT2D eigenvalue weighted by molar-refractivity contribution is 7.10. The molecule has 0 radical (unpaired) electrons. The molecule has 21 heavy (non-hydrogen) atoms. The molecule has 3 atom stereocenters. The number of amides is 2. The van der Waals surface area contributed by atoms with Gasteiger partial charge in [-0.15, -0.1) is 11.3 Å². The number of carbonyl (C=O) groups excluding carboxylic acids is 2. The molecule has 0 aliphatic carbocycles. The van der Waals surface area contributed by atoms with Crippen LogP contribution in [0.1, 0.15) is 37.6 Å². The van der Waals surface area contributed by atoms with E-state index in [1.807, 2.05) is 17.5 Å². The zero-order chi connectivity index (χ0) is 15.4. The van der Waals surface area contributed by atoms with Gasteiger partial charge in [-0.2, -0.15) is 0 Å². The average molecular weight is 310 g/mol. The standard InChI is InChI=1S/C15H22N2O3S/c1-10-5-6-17(13(10)9-18)15(20)8-12(16-11(2)19)14-4-3-7-21-14/h3-4,7,10,12-13,18H,5-6,8-9H2,1-2H3,(H,16,19). The molecule has 1 aliphatic heterocycles. The Morgan fingerprint density at radius 1 is 1.57 bits per heavy atom. The summed E-state index contributed by atoms with van der Waals surface area (Å²) in [6, 6.07) is 3.45. The molecule has 0 bridgehead atoms. The van der Waals surface area contributed by atoms with Crippen molar-refractivity contribution in [1.29, 1.82) is 0 Å². The molecular formula is C15H22N2O3S. The summed E-state index contributed by atoms with van der Waals surface area (Å²) >= 11 is 1.53. The van der Waals surface area contributed by atoms with Gasteiger partial charge in [0.05, 0.1) is 25.1 Å². The Kier molecular flexibility index (Phi) is 5.36. The first kappa shape index (κ1) is 16.0. The fourth-order valence-electron chi connectivity index (χ4n) is 2.85. The maximum Gasteiger partial charge on any atom is 0.225 e. The third-order valence-corrected chi connectivity index (χ3v) is 5.02. The van der Waals surface area contributed by atoms with E-state index < -0.39 is 0 Å². The van der Waals surface area contributed by atoms with Crippen molar-refractivity contribution < 1.29 is 14.7 Å². The van der Waals surface area contributed by atoms with Crippen LogP contribution < -0.4 is 5.32 Å². The van der Waals surface area contributed by atoms with Crippen LogP contribution in [0.2, 0.25) is 0 Å². The van der Waals surface area contributed by atoms with Gasteiger partial charge in [0.1, 0.15) is 0 Å². The minimum absolute atomic E-state index is 0.00326. The molecule has 2 N–H and O–H groups in total. The first-order valence-corrected chi connectivity index (χ1v) is 8.11. The lowest BCUT2D eigenvalue weighted by Crippen LogP contribution is -2.41. The highest BCUT2D eigenvalue weighted by Gasteiger charge is 2.34. The molecule has 2 rings (SSSR count). The topological polar surface area (TPSA) is 69.6 Å². The molecule has 116 valence electrons. The van der Waals surface area contributed by atoms with Crippen molar-refractivity contribution in [1.82, 2.24) is 10.2 Å². The number of nitrogens with one attached hydrogen (secondary N) is 1. The third-order valence-electron chi connectivity index (χ3n) is 4.03. The number of aliphatic hydroxyl groups excluding tert-OH is 1. The number of aliphatic hydroxyl groups is 1. The van der Waals surface area contributed by atoms with Gasteiger partial charge in [-0.05, 0) is 23.8 Å². The third kappa shape index (κ3) is 3.83. The quantitative estimate of drug-likeness (QED) is 0.867. The first-order chi connectivity index (χ1) is 10.0. The van der Waals surface area contributed by atoms with E-state index in [4.69, 9.17) is 0 Å². The van der Waals surface area contributed by atoms with Crippen molar-refractivity contribution in [2.24, 2.45) is 5.92 Å². The molecule has 1 saturated heterocycles. The minimum Gasteiger partial charge on any atom is -0.394 e. The summed E-state index contributed by atoms with van der Waals surface area (Å²) < 4.78 is 0. The molecule has 2 amide bonds. The molecule has 1 aromatic rings. The van der Waals surface area contributed by atoms with Gasteiger partial charge in [0.2, 0.25) is 11.8 Å². The van der Waals surface area contributed by atoms with E-state index in [9.17, 15) is 14.7 Å². The Bertz CT molecular complexity index is 489. The van der Waals surface area contributed by atoms with Crippen molar-refractivity contribution >= 4 is 23.2 Å². The summed E-state index contributed by atoms with van der Waals surface area (Å²) in [7, 11) is 0. The van der Waals surface area contributed by atoms with Gasteiger partial charge < -0.3 is 15.3 Å². The van der Waals surface area contributed by atoms with Gasteiger partial charge in [-0.25, -0.2) is 0 Å². The monoisotopic (exact) mass is 310 g/mol. The van der Waals surface area contributed by atoms with Crippen LogP contribution in [0.15, 0.2) is 17.5 Å². The Morgan fingerprint density at radius 3 is 2.90 bits per heavy atom. The Labute approximate surface area is 129 Å². The van der Waals surface area contributed by atoms with Crippen LogP contribution in [0.4, 0.5) is 0 Å². The summed E-state index contributed by atoms with van der Waals surface area (Å²) in [6.07, 6.45) is 1.16. The second-order valence-corrected chi connectivity index (χ2v) is 6.55. The largest absolute Gasteiger partial charge is 0.394 e. The normalized spacial score (nSPS) is 23.1. The van der Waals surface area contributed by atoms with E-state index in [1.165, 1.54) is 18.3 Å². The predicted octanol–water partition coefficient (Wildman–Crippen LogP) is 1.54. The van der Waals surface area contributed by atoms with Crippen LogP contribution in [-0.4, -0.2) is 41.0 Å². The zero-order valence-electron chi connectivity index (χ0n) is 12.4. The number of thiophene rings is 1. The first-order valence-electron chi connectivity index (χ1n) is 7.23. The van der Waals surface area contributed by atoms with Crippen LogP contribution in [-0.2, 0) is 9.59 Å². The van der Waals surface area contributed by atoms with Crippen LogP contribution in [0, 0.1) is 5.92 Å². The summed E-state index contributed by atoms with van der Waals surface area (Å²) in [6.45, 7) is 4.19. The van der Waals surface area contributed by atoms with Crippen LogP contribution in [0.5, 0.6) is 0 Å². The number of hydrogen-bond acceptors (Lipinski definition) is 4. The SMILES string of the molecule is CC(=O)NC(CC(=O)N1CCC(C)C1CO)c1cccs1. The highest BCUT2D eigenvalue weighted by atomic mass is 32.1. The van der Waals surface area contributed by atoms with Crippen LogP contribution in [0.25, 0.3) is 0 Å².